The molecule has 0 spiro atoms. The van der Waals surface area contributed by atoms with Crippen LogP contribution in [-0.2, 0) is 17.9 Å². The Balaban J connectivity index is 2.83. The van der Waals surface area contributed by atoms with Crippen molar-refractivity contribution < 1.29 is 9.90 Å². The molecular formula is C12H21N3O2. The molecule has 0 atom stereocenters. The zero-order valence-corrected chi connectivity index (χ0v) is 11.0. The van der Waals surface area contributed by atoms with Crippen molar-refractivity contribution >= 4 is 5.97 Å². The molecular weight excluding hydrogens is 218 g/mol. The van der Waals surface area contributed by atoms with Gasteiger partial charge in [0.15, 0.2) is 0 Å². The van der Waals surface area contributed by atoms with Gasteiger partial charge in [-0.05, 0) is 27.7 Å². The van der Waals surface area contributed by atoms with Gasteiger partial charge in [-0.1, -0.05) is 0 Å². The molecule has 5 heteroatoms. The first-order chi connectivity index (χ1) is 7.84. The quantitative estimate of drug-likeness (QED) is 0.847. The normalized spacial score (nSPS) is 12.1. The minimum Gasteiger partial charge on any atom is -0.480 e. The van der Waals surface area contributed by atoms with Crippen molar-refractivity contribution in [1.29, 1.82) is 0 Å². The Morgan fingerprint density at radius 2 is 2.18 bits per heavy atom. The van der Waals surface area contributed by atoms with Crippen LogP contribution in [-0.4, -0.2) is 37.6 Å². The summed E-state index contributed by atoms with van der Waals surface area (Å²) in [5, 5.41) is 8.94. The zero-order chi connectivity index (χ0) is 13.1. The standard InChI is InChI=1S/C12H21N3O2/c1-5-14-9-13-6-10(14)7-15(8-11(16)17)12(2,3)4/h6,9H,5,7-8H2,1-4H3,(H,16,17). The van der Waals surface area contributed by atoms with E-state index in [4.69, 9.17) is 5.11 Å². The van der Waals surface area contributed by atoms with Crippen molar-refractivity contribution in [2.75, 3.05) is 6.54 Å². The average molecular weight is 239 g/mol. The van der Waals surface area contributed by atoms with Crippen molar-refractivity contribution in [3.8, 4) is 0 Å². The maximum atomic E-state index is 10.9. The highest BCUT2D eigenvalue weighted by molar-refractivity contribution is 5.69. The largest absolute Gasteiger partial charge is 0.480 e. The monoisotopic (exact) mass is 239 g/mol. The molecule has 0 aliphatic rings. The zero-order valence-electron chi connectivity index (χ0n) is 11.0. The van der Waals surface area contributed by atoms with Crippen LogP contribution in [0.15, 0.2) is 12.5 Å². The summed E-state index contributed by atoms with van der Waals surface area (Å²) in [5.74, 6) is -0.803. The molecule has 0 radical (unpaired) electrons. The molecule has 0 amide bonds. The van der Waals surface area contributed by atoms with Gasteiger partial charge in [-0.3, -0.25) is 9.69 Å². The van der Waals surface area contributed by atoms with Gasteiger partial charge in [0.1, 0.15) is 0 Å². The molecule has 96 valence electrons. The van der Waals surface area contributed by atoms with Gasteiger partial charge in [0, 0.05) is 24.8 Å². The van der Waals surface area contributed by atoms with E-state index in [9.17, 15) is 4.79 Å². The third kappa shape index (κ3) is 3.85. The molecule has 1 aromatic heterocycles. The lowest BCUT2D eigenvalue weighted by Gasteiger charge is -2.34. The highest BCUT2D eigenvalue weighted by Gasteiger charge is 2.24. The fraction of sp³-hybridized carbons (Fsp3) is 0.667. The maximum absolute atomic E-state index is 10.9. The molecule has 0 aliphatic heterocycles. The summed E-state index contributed by atoms with van der Waals surface area (Å²) in [6, 6.07) is 0. The molecule has 0 bridgehead atoms. The second-order valence-electron chi connectivity index (χ2n) is 5.09. The van der Waals surface area contributed by atoms with E-state index in [0.29, 0.717) is 6.54 Å². The molecule has 0 fully saturated rings. The summed E-state index contributed by atoms with van der Waals surface area (Å²) in [6.45, 7) is 9.58. The van der Waals surface area contributed by atoms with Crippen LogP contribution >= 0.6 is 0 Å². The molecule has 0 unspecified atom stereocenters. The number of rotatable bonds is 5. The van der Waals surface area contributed by atoms with E-state index in [1.54, 1.807) is 12.5 Å². The molecule has 1 aromatic rings. The molecule has 1 N–H and O–H groups in total. The molecule has 0 aromatic carbocycles. The van der Waals surface area contributed by atoms with Crippen LogP contribution in [0.25, 0.3) is 0 Å². The lowest BCUT2D eigenvalue weighted by atomic mass is 10.1. The Morgan fingerprint density at radius 1 is 1.53 bits per heavy atom. The van der Waals surface area contributed by atoms with Gasteiger partial charge < -0.3 is 9.67 Å². The van der Waals surface area contributed by atoms with E-state index in [0.717, 1.165) is 12.2 Å². The number of aliphatic carboxylic acids is 1. The summed E-state index contributed by atoms with van der Waals surface area (Å²) < 4.78 is 2.03. The number of aromatic nitrogens is 2. The van der Waals surface area contributed by atoms with Gasteiger partial charge in [-0.2, -0.15) is 0 Å². The maximum Gasteiger partial charge on any atom is 0.317 e. The van der Waals surface area contributed by atoms with Crippen LogP contribution in [0.2, 0.25) is 0 Å². The Labute approximate surface area is 102 Å². The van der Waals surface area contributed by atoms with Crippen molar-refractivity contribution in [2.45, 2.75) is 46.3 Å². The predicted octanol–water partition coefficient (Wildman–Crippen LogP) is 1.59. The first kappa shape index (κ1) is 13.7. The Bertz CT molecular complexity index is 379. The Morgan fingerprint density at radius 3 is 2.65 bits per heavy atom. The van der Waals surface area contributed by atoms with E-state index in [2.05, 4.69) is 4.98 Å². The smallest absolute Gasteiger partial charge is 0.317 e. The first-order valence-electron chi connectivity index (χ1n) is 5.80. The van der Waals surface area contributed by atoms with Gasteiger partial charge in [-0.25, -0.2) is 4.98 Å². The van der Waals surface area contributed by atoms with Gasteiger partial charge in [0.2, 0.25) is 0 Å². The molecule has 0 saturated heterocycles. The SMILES string of the molecule is CCn1cncc1CN(CC(=O)O)C(C)(C)C. The fourth-order valence-electron chi connectivity index (χ4n) is 1.65. The Hall–Kier alpha value is -1.36. The molecule has 1 heterocycles. The van der Waals surface area contributed by atoms with Gasteiger partial charge >= 0.3 is 5.97 Å². The third-order valence-electron chi connectivity index (χ3n) is 2.77. The number of carboxylic acid groups (broad SMARTS) is 1. The van der Waals surface area contributed by atoms with Crippen molar-refractivity contribution in [2.24, 2.45) is 0 Å². The van der Waals surface area contributed by atoms with E-state index in [-0.39, 0.29) is 12.1 Å². The number of imidazole rings is 1. The van der Waals surface area contributed by atoms with Crippen LogP contribution < -0.4 is 0 Å². The summed E-state index contributed by atoms with van der Waals surface area (Å²) in [7, 11) is 0. The molecule has 1 rings (SSSR count). The van der Waals surface area contributed by atoms with Gasteiger partial charge in [-0.15, -0.1) is 0 Å². The van der Waals surface area contributed by atoms with Crippen LogP contribution in [0.3, 0.4) is 0 Å². The Kier molecular flexibility index (Phi) is 4.28. The van der Waals surface area contributed by atoms with Crippen molar-refractivity contribution in [3.05, 3.63) is 18.2 Å². The van der Waals surface area contributed by atoms with Gasteiger partial charge in [0.25, 0.3) is 0 Å². The van der Waals surface area contributed by atoms with Crippen molar-refractivity contribution in [1.82, 2.24) is 14.5 Å². The summed E-state index contributed by atoms with van der Waals surface area (Å²) in [6.07, 6.45) is 3.57. The van der Waals surface area contributed by atoms with Gasteiger partial charge in [0.05, 0.1) is 18.6 Å². The number of carboxylic acids is 1. The molecule has 5 nitrogen and oxygen atoms in total. The first-order valence-corrected chi connectivity index (χ1v) is 5.80. The highest BCUT2D eigenvalue weighted by Crippen LogP contribution is 2.16. The second-order valence-corrected chi connectivity index (χ2v) is 5.09. The minimum atomic E-state index is -0.803. The average Bonchev–Trinajstić information content (AvgIpc) is 2.62. The van der Waals surface area contributed by atoms with Crippen LogP contribution in [0.5, 0.6) is 0 Å². The molecule has 0 saturated carbocycles. The summed E-state index contributed by atoms with van der Waals surface area (Å²) >= 11 is 0. The van der Waals surface area contributed by atoms with E-state index in [1.807, 2.05) is 37.2 Å². The number of hydrogen-bond donors (Lipinski definition) is 1. The van der Waals surface area contributed by atoms with Crippen molar-refractivity contribution in [3.63, 3.8) is 0 Å². The topological polar surface area (TPSA) is 58.4 Å². The number of aryl methyl sites for hydroxylation is 1. The molecule has 0 aliphatic carbocycles. The van der Waals surface area contributed by atoms with E-state index >= 15 is 0 Å². The summed E-state index contributed by atoms with van der Waals surface area (Å²) in [4.78, 5) is 16.9. The van der Waals surface area contributed by atoms with Crippen LogP contribution in [0.1, 0.15) is 33.4 Å². The van der Waals surface area contributed by atoms with Crippen LogP contribution in [0, 0.1) is 0 Å². The fourth-order valence-corrected chi connectivity index (χ4v) is 1.65. The minimum absolute atomic E-state index is 0.0401. The molecule has 17 heavy (non-hydrogen) atoms. The number of hydrogen-bond acceptors (Lipinski definition) is 3. The highest BCUT2D eigenvalue weighted by atomic mass is 16.4. The summed E-state index contributed by atoms with van der Waals surface area (Å²) in [5.41, 5.74) is 0.866. The van der Waals surface area contributed by atoms with E-state index in [1.165, 1.54) is 0 Å². The predicted molar refractivity (Wildman–Crippen MR) is 65.7 cm³/mol. The van der Waals surface area contributed by atoms with Crippen LogP contribution in [0.4, 0.5) is 0 Å². The number of nitrogens with zero attached hydrogens (tertiary/aromatic N) is 3. The third-order valence-corrected chi connectivity index (χ3v) is 2.77. The lowest BCUT2D eigenvalue weighted by molar-refractivity contribution is -0.140. The number of carbonyl (C=O) groups is 1. The lowest BCUT2D eigenvalue weighted by Crippen LogP contribution is -2.44. The second kappa shape index (κ2) is 5.31. The van der Waals surface area contributed by atoms with E-state index < -0.39 is 5.97 Å².